The van der Waals surface area contributed by atoms with Crippen molar-refractivity contribution in [2.75, 3.05) is 13.2 Å². The number of nitrogens with zero attached hydrogens (tertiary/aromatic N) is 2. The van der Waals surface area contributed by atoms with Crippen molar-refractivity contribution in [2.45, 2.75) is 12.5 Å². The normalized spacial score (nSPS) is 15.3. The monoisotopic (exact) mass is 439 g/mol. The lowest BCUT2D eigenvalue weighted by Gasteiger charge is -2.19. The maximum Gasteiger partial charge on any atom is 0.325 e. The van der Waals surface area contributed by atoms with Crippen LogP contribution in [0.1, 0.15) is 34.3 Å². The van der Waals surface area contributed by atoms with Crippen molar-refractivity contribution in [3.05, 3.63) is 84.0 Å². The fourth-order valence-corrected chi connectivity index (χ4v) is 3.19. The molecule has 1 unspecified atom stereocenters. The third kappa shape index (κ3) is 4.59. The maximum atomic E-state index is 13.6. The van der Waals surface area contributed by atoms with E-state index in [1.165, 1.54) is 35.7 Å². The van der Waals surface area contributed by atoms with Gasteiger partial charge in [-0.05, 0) is 36.4 Å². The molecule has 1 aliphatic rings. The Morgan fingerprint density at radius 1 is 1.09 bits per heavy atom. The average molecular weight is 439 g/mol. The molecule has 1 aliphatic heterocycles. The summed E-state index contributed by atoms with van der Waals surface area (Å²) in [4.78, 5) is 36.6. The number of hydrazone groups is 1. The average Bonchev–Trinajstić information content (AvgIpc) is 3.56. The van der Waals surface area contributed by atoms with Crippen LogP contribution in [-0.4, -0.2) is 41.7 Å². The molecule has 0 bridgehead atoms. The molecule has 10 heteroatoms. The summed E-state index contributed by atoms with van der Waals surface area (Å²) in [6.45, 7) is -1.12. The summed E-state index contributed by atoms with van der Waals surface area (Å²) in [6, 6.07) is 11.7. The topological polar surface area (TPSA) is 114 Å². The van der Waals surface area contributed by atoms with Crippen molar-refractivity contribution in [3.63, 3.8) is 0 Å². The van der Waals surface area contributed by atoms with E-state index in [0.717, 1.165) is 6.07 Å². The number of benzene rings is 1. The number of halogens is 1. The van der Waals surface area contributed by atoms with E-state index in [2.05, 4.69) is 10.4 Å². The summed E-state index contributed by atoms with van der Waals surface area (Å²) in [5.74, 6) is -1.88. The van der Waals surface area contributed by atoms with E-state index in [9.17, 15) is 18.8 Å². The fourth-order valence-electron chi connectivity index (χ4n) is 3.19. The Kier molecular flexibility index (Phi) is 6.11. The number of carbonyl (C=O) groups is 3. The first-order valence-electron chi connectivity index (χ1n) is 9.68. The first-order valence-corrected chi connectivity index (χ1v) is 9.68. The van der Waals surface area contributed by atoms with E-state index < -0.39 is 42.8 Å². The van der Waals surface area contributed by atoms with Crippen LogP contribution in [0.15, 0.2) is 75.0 Å². The SMILES string of the molecule is O=C(CNC(=O)c1ccccc1F)OCC(=O)N1N=C(c2ccco2)CC1c1ccco1. The number of nitrogens with one attached hydrogen (secondary N) is 1. The molecule has 164 valence electrons. The van der Waals surface area contributed by atoms with E-state index in [0.29, 0.717) is 23.7 Å². The van der Waals surface area contributed by atoms with Crippen LogP contribution in [0.25, 0.3) is 0 Å². The zero-order chi connectivity index (χ0) is 22.5. The molecule has 3 aromatic rings. The van der Waals surface area contributed by atoms with Crippen LogP contribution in [0, 0.1) is 5.82 Å². The zero-order valence-electron chi connectivity index (χ0n) is 16.7. The number of amides is 2. The Labute approximate surface area is 181 Å². The number of rotatable bonds is 7. The molecule has 2 aromatic heterocycles. The molecule has 2 amide bonds. The summed E-state index contributed by atoms with van der Waals surface area (Å²) in [5, 5.41) is 7.75. The van der Waals surface area contributed by atoms with Crippen molar-refractivity contribution in [1.82, 2.24) is 10.3 Å². The van der Waals surface area contributed by atoms with Crippen LogP contribution in [0.5, 0.6) is 0 Å². The summed E-state index contributed by atoms with van der Waals surface area (Å²) in [5.41, 5.74) is 0.350. The number of ether oxygens (including phenoxy) is 1. The molecule has 4 rings (SSSR count). The molecule has 0 saturated heterocycles. The highest BCUT2D eigenvalue weighted by molar-refractivity contribution is 6.01. The quantitative estimate of drug-likeness (QED) is 0.566. The summed E-state index contributed by atoms with van der Waals surface area (Å²) >= 11 is 0. The van der Waals surface area contributed by atoms with Gasteiger partial charge in [-0.2, -0.15) is 5.10 Å². The highest BCUT2D eigenvalue weighted by atomic mass is 19.1. The van der Waals surface area contributed by atoms with Crippen LogP contribution in [0.2, 0.25) is 0 Å². The number of hydrogen-bond donors (Lipinski definition) is 1. The Morgan fingerprint density at radius 3 is 2.59 bits per heavy atom. The van der Waals surface area contributed by atoms with Gasteiger partial charge in [-0.25, -0.2) is 9.40 Å². The summed E-state index contributed by atoms with van der Waals surface area (Å²) < 4.78 is 29.4. The summed E-state index contributed by atoms with van der Waals surface area (Å²) in [6.07, 6.45) is 3.35. The minimum absolute atomic E-state index is 0.200. The van der Waals surface area contributed by atoms with E-state index in [-0.39, 0.29) is 5.56 Å². The minimum atomic E-state index is -0.855. The number of hydrogen-bond acceptors (Lipinski definition) is 7. The highest BCUT2D eigenvalue weighted by Crippen LogP contribution is 2.33. The molecule has 32 heavy (non-hydrogen) atoms. The van der Waals surface area contributed by atoms with Crippen molar-refractivity contribution < 1.29 is 32.3 Å². The van der Waals surface area contributed by atoms with Crippen LogP contribution in [-0.2, 0) is 14.3 Å². The smallest absolute Gasteiger partial charge is 0.325 e. The van der Waals surface area contributed by atoms with E-state index in [1.807, 2.05) is 0 Å². The summed E-state index contributed by atoms with van der Waals surface area (Å²) in [7, 11) is 0. The van der Waals surface area contributed by atoms with Crippen molar-refractivity contribution >= 4 is 23.5 Å². The highest BCUT2D eigenvalue weighted by Gasteiger charge is 2.36. The van der Waals surface area contributed by atoms with Crippen LogP contribution in [0.3, 0.4) is 0 Å². The lowest BCUT2D eigenvalue weighted by Crippen LogP contribution is -2.35. The van der Waals surface area contributed by atoms with Gasteiger partial charge < -0.3 is 18.9 Å². The van der Waals surface area contributed by atoms with Gasteiger partial charge >= 0.3 is 5.97 Å². The number of carbonyl (C=O) groups excluding carboxylic acids is 3. The first-order chi connectivity index (χ1) is 15.5. The standard InChI is InChI=1S/C22H18FN3O6/c23-15-6-2-1-5-14(15)22(29)24-12-21(28)32-13-20(27)26-17(19-8-4-10-31-19)11-16(25-26)18-7-3-9-30-18/h1-10,17H,11-13H2,(H,24,29). The first kappa shape index (κ1) is 21.0. The zero-order valence-corrected chi connectivity index (χ0v) is 16.7. The molecule has 0 spiro atoms. The van der Waals surface area contributed by atoms with Crippen LogP contribution < -0.4 is 5.32 Å². The lowest BCUT2D eigenvalue weighted by molar-refractivity contribution is -0.152. The maximum absolute atomic E-state index is 13.6. The molecule has 0 saturated carbocycles. The van der Waals surface area contributed by atoms with Gasteiger partial charge in [-0.15, -0.1) is 0 Å². The van der Waals surface area contributed by atoms with E-state index >= 15 is 0 Å². The van der Waals surface area contributed by atoms with Gasteiger partial charge in [0.25, 0.3) is 11.8 Å². The van der Waals surface area contributed by atoms with E-state index in [4.69, 9.17) is 13.6 Å². The van der Waals surface area contributed by atoms with Crippen molar-refractivity contribution in [3.8, 4) is 0 Å². The molecule has 9 nitrogen and oxygen atoms in total. The Hall–Kier alpha value is -4.21. The van der Waals surface area contributed by atoms with Gasteiger partial charge in [-0.3, -0.25) is 14.4 Å². The third-order valence-electron chi connectivity index (χ3n) is 4.71. The predicted molar refractivity (Wildman–Crippen MR) is 108 cm³/mol. The fraction of sp³-hybridized carbons (Fsp3) is 0.182. The van der Waals surface area contributed by atoms with Crippen LogP contribution >= 0.6 is 0 Å². The van der Waals surface area contributed by atoms with Crippen LogP contribution in [0.4, 0.5) is 4.39 Å². The Morgan fingerprint density at radius 2 is 1.88 bits per heavy atom. The predicted octanol–water partition coefficient (Wildman–Crippen LogP) is 2.66. The molecule has 0 radical (unpaired) electrons. The number of esters is 1. The van der Waals surface area contributed by atoms with Gasteiger partial charge in [0.05, 0.1) is 18.1 Å². The third-order valence-corrected chi connectivity index (χ3v) is 4.71. The van der Waals surface area contributed by atoms with E-state index in [1.54, 1.807) is 24.3 Å². The molecule has 3 heterocycles. The van der Waals surface area contributed by atoms with Gasteiger partial charge in [0.1, 0.15) is 35.6 Å². The second kappa shape index (κ2) is 9.29. The second-order valence-corrected chi connectivity index (χ2v) is 6.82. The molecule has 1 N–H and O–H groups in total. The van der Waals surface area contributed by atoms with Crippen molar-refractivity contribution in [2.24, 2.45) is 5.10 Å². The van der Waals surface area contributed by atoms with Crippen molar-refractivity contribution in [1.29, 1.82) is 0 Å². The Bertz CT molecular complexity index is 1140. The largest absolute Gasteiger partial charge is 0.467 e. The Balaban J connectivity index is 1.35. The molecule has 1 aromatic carbocycles. The van der Waals surface area contributed by atoms with Gasteiger partial charge in [0, 0.05) is 6.42 Å². The second-order valence-electron chi connectivity index (χ2n) is 6.82. The minimum Gasteiger partial charge on any atom is -0.467 e. The lowest BCUT2D eigenvalue weighted by atomic mass is 10.1. The van der Waals surface area contributed by atoms with Gasteiger partial charge in [0.2, 0.25) is 0 Å². The van der Waals surface area contributed by atoms with Gasteiger partial charge in [0.15, 0.2) is 6.61 Å². The molecular formula is C22H18FN3O6. The number of furan rings is 2. The van der Waals surface area contributed by atoms with Gasteiger partial charge in [-0.1, -0.05) is 12.1 Å². The molecule has 0 fully saturated rings. The molecule has 1 atom stereocenters. The molecule has 0 aliphatic carbocycles. The molecular weight excluding hydrogens is 421 g/mol.